The number of halogens is 2. The first-order valence-electron chi connectivity index (χ1n) is 11.6. The van der Waals surface area contributed by atoms with Crippen LogP contribution in [0.4, 0.5) is 0 Å². The molecule has 9 heteroatoms. The second kappa shape index (κ2) is 12.7. The predicted octanol–water partition coefficient (Wildman–Crippen LogP) is 2.52. The van der Waals surface area contributed by atoms with Gasteiger partial charge in [-0.25, -0.2) is 0 Å². The highest BCUT2D eigenvalue weighted by molar-refractivity contribution is 6.42. The average Bonchev–Trinajstić information content (AvgIpc) is 2.99. The van der Waals surface area contributed by atoms with E-state index in [0.29, 0.717) is 49.2 Å². The van der Waals surface area contributed by atoms with Gasteiger partial charge >= 0.3 is 0 Å². The molecule has 2 saturated heterocycles. The fourth-order valence-corrected chi connectivity index (χ4v) is 4.62. The van der Waals surface area contributed by atoms with E-state index in [4.69, 9.17) is 23.2 Å². The van der Waals surface area contributed by atoms with Gasteiger partial charge in [0.15, 0.2) is 0 Å². The van der Waals surface area contributed by atoms with E-state index in [1.807, 2.05) is 4.90 Å². The number of benzene rings is 1. The van der Waals surface area contributed by atoms with Gasteiger partial charge in [-0.05, 0) is 56.1 Å². The second-order valence-electron chi connectivity index (χ2n) is 8.77. The van der Waals surface area contributed by atoms with Crippen LogP contribution >= 0.6 is 23.2 Å². The molecular formula is C24H33Cl2N3O4. The molecule has 0 aliphatic carbocycles. The first-order valence-corrected chi connectivity index (χ1v) is 12.3. The van der Waals surface area contributed by atoms with E-state index in [2.05, 4.69) is 4.90 Å². The van der Waals surface area contributed by atoms with Gasteiger partial charge in [-0.15, -0.1) is 0 Å². The monoisotopic (exact) mass is 497 g/mol. The molecule has 0 spiro atoms. The number of aliphatic hydroxyl groups is 2. The van der Waals surface area contributed by atoms with Crippen molar-refractivity contribution in [1.82, 2.24) is 14.7 Å². The number of piperidine rings is 1. The summed E-state index contributed by atoms with van der Waals surface area (Å²) in [5, 5.41) is 20.2. The number of carbonyl (C=O) groups excluding carboxylic acids is 2. The van der Waals surface area contributed by atoms with Gasteiger partial charge in [0.05, 0.1) is 16.1 Å². The van der Waals surface area contributed by atoms with Gasteiger partial charge in [-0.1, -0.05) is 29.3 Å². The van der Waals surface area contributed by atoms with Crippen molar-refractivity contribution in [3.05, 3.63) is 39.9 Å². The molecule has 2 aliphatic rings. The smallest absolute Gasteiger partial charge is 0.246 e. The van der Waals surface area contributed by atoms with E-state index in [0.717, 1.165) is 37.9 Å². The van der Waals surface area contributed by atoms with Crippen molar-refractivity contribution in [3.8, 4) is 0 Å². The van der Waals surface area contributed by atoms with Crippen molar-refractivity contribution in [1.29, 1.82) is 0 Å². The number of aliphatic hydroxyl groups excluding tert-OH is 2. The van der Waals surface area contributed by atoms with Crippen LogP contribution in [0.2, 0.25) is 10.0 Å². The Bertz CT molecular complexity index is 851. The first-order chi connectivity index (χ1) is 15.9. The van der Waals surface area contributed by atoms with Crippen LogP contribution in [0.25, 0.3) is 6.08 Å². The molecule has 0 bridgehead atoms. The minimum Gasteiger partial charge on any atom is -0.396 e. The number of nitrogens with zero attached hydrogens (tertiary/aromatic N) is 3. The number of carbonyl (C=O) groups is 2. The van der Waals surface area contributed by atoms with E-state index in [-0.39, 0.29) is 24.3 Å². The summed E-state index contributed by atoms with van der Waals surface area (Å²) >= 11 is 11.9. The van der Waals surface area contributed by atoms with Crippen molar-refractivity contribution in [2.24, 2.45) is 5.92 Å². The number of unbranched alkanes of at least 4 members (excludes halogenated alkanes) is 1. The molecule has 2 amide bonds. The molecule has 0 aromatic heterocycles. The lowest BCUT2D eigenvalue weighted by atomic mass is 9.94. The largest absolute Gasteiger partial charge is 0.396 e. The molecule has 0 unspecified atom stereocenters. The Balaban J connectivity index is 1.40. The van der Waals surface area contributed by atoms with Crippen molar-refractivity contribution in [2.75, 3.05) is 52.4 Å². The third kappa shape index (κ3) is 7.69. The Kier molecular flexibility index (Phi) is 10.0. The number of β-amino-alcohol motifs (C(OH)–C–C–N with tert-alkyl or cyclic N) is 1. The molecule has 2 atom stereocenters. The van der Waals surface area contributed by atoms with Crippen LogP contribution in [-0.2, 0) is 9.59 Å². The van der Waals surface area contributed by atoms with Gasteiger partial charge in [0.25, 0.3) is 0 Å². The fourth-order valence-electron chi connectivity index (χ4n) is 4.31. The molecule has 0 radical (unpaired) electrons. The van der Waals surface area contributed by atoms with E-state index in [9.17, 15) is 19.8 Å². The molecule has 2 aliphatic heterocycles. The molecule has 3 rings (SSSR count). The van der Waals surface area contributed by atoms with E-state index in [1.54, 1.807) is 29.2 Å². The lowest BCUT2D eigenvalue weighted by Gasteiger charge is -2.35. The summed E-state index contributed by atoms with van der Waals surface area (Å²) in [5.74, 6) is -0.0565. The quantitative estimate of drug-likeness (QED) is 0.425. The SMILES string of the molecule is O=C(/C=C/c1ccc(Cl)c(Cl)c1)N1CCC(=O)N(CCCCN2CC[C@H](CO)[C@@H](O)C2)CC1. The van der Waals surface area contributed by atoms with Crippen LogP contribution in [0.3, 0.4) is 0 Å². The highest BCUT2D eigenvalue weighted by Crippen LogP contribution is 2.23. The Morgan fingerprint density at radius 3 is 2.61 bits per heavy atom. The van der Waals surface area contributed by atoms with Crippen LogP contribution in [-0.4, -0.2) is 95.3 Å². The Morgan fingerprint density at radius 2 is 1.88 bits per heavy atom. The predicted molar refractivity (Wildman–Crippen MR) is 130 cm³/mol. The van der Waals surface area contributed by atoms with E-state index < -0.39 is 6.10 Å². The Labute approximate surface area is 205 Å². The maximum atomic E-state index is 12.6. The Hall–Kier alpha value is -1.64. The molecular weight excluding hydrogens is 465 g/mol. The zero-order valence-electron chi connectivity index (χ0n) is 18.8. The highest BCUT2D eigenvalue weighted by Gasteiger charge is 2.27. The number of rotatable bonds is 8. The van der Waals surface area contributed by atoms with E-state index in [1.165, 1.54) is 6.08 Å². The summed E-state index contributed by atoms with van der Waals surface area (Å²) in [7, 11) is 0. The molecule has 1 aromatic rings. The third-order valence-electron chi connectivity index (χ3n) is 6.45. The van der Waals surface area contributed by atoms with Gasteiger partial charge in [0, 0.05) is 57.7 Å². The lowest BCUT2D eigenvalue weighted by Crippen LogP contribution is -2.45. The van der Waals surface area contributed by atoms with Gasteiger partial charge in [-0.2, -0.15) is 0 Å². The minimum atomic E-state index is -0.467. The van der Waals surface area contributed by atoms with Gasteiger partial charge in [-0.3, -0.25) is 9.59 Å². The average molecular weight is 498 g/mol. The van der Waals surface area contributed by atoms with Crippen LogP contribution in [0.15, 0.2) is 24.3 Å². The van der Waals surface area contributed by atoms with Crippen LogP contribution in [0.5, 0.6) is 0 Å². The zero-order valence-corrected chi connectivity index (χ0v) is 20.3. The number of amides is 2. The lowest BCUT2D eigenvalue weighted by molar-refractivity contribution is -0.130. The van der Waals surface area contributed by atoms with Gasteiger partial charge < -0.3 is 24.9 Å². The van der Waals surface area contributed by atoms with Gasteiger partial charge in [0.1, 0.15) is 0 Å². The molecule has 7 nitrogen and oxygen atoms in total. The molecule has 33 heavy (non-hydrogen) atoms. The normalized spacial score (nSPS) is 22.7. The summed E-state index contributed by atoms with van der Waals surface area (Å²) in [6.45, 7) is 4.53. The van der Waals surface area contributed by atoms with Crippen LogP contribution in [0, 0.1) is 5.92 Å². The topological polar surface area (TPSA) is 84.3 Å². The molecule has 2 fully saturated rings. The van der Waals surface area contributed by atoms with Crippen molar-refractivity contribution < 1.29 is 19.8 Å². The fraction of sp³-hybridized carbons (Fsp3) is 0.583. The maximum Gasteiger partial charge on any atom is 0.246 e. The molecule has 0 saturated carbocycles. The van der Waals surface area contributed by atoms with Crippen molar-refractivity contribution >= 4 is 41.1 Å². The first kappa shape index (κ1) is 26.0. The van der Waals surface area contributed by atoms with Crippen LogP contribution < -0.4 is 0 Å². The van der Waals surface area contributed by atoms with Crippen LogP contribution in [0.1, 0.15) is 31.2 Å². The molecule has 2 heterocycles. The Morgan fingerprint density at radius 1 is 1.09 bits per heavy atom. The second-order valence-corrected chi connectivity index (χ2v) is 9.58. The van der Waals surface area contributed by atoms with Crippen molar-refractivity contribution in [2.45, 2.75) is 31.8 Å². The summed E-state index contributed by atoms with van der Waals surface area (Å²) < 4.78 is 0. The summed E-state index contributed by atoms with van der Waals surface area (Å²) in [6.07, 6.45) is 5.70. The van der Waals surface area contributed by atoms with Crippen molar-refractivity contribution in [3.63, 3.8) is 0 Å². The molecule has 1 aromatic carbocycles. The molecule has 2 N–H and O–H groups in total. The standard InChI is InChI=1S/C24H33Cl2N3O4/c25-20-5-3-18(15-21(20)26)4-6-23(32)29-12-8-24(33)28(13-14-29)10-2-1-9-27-11-7-19(17-30)22(31)16-27/h3-6,15,19,22,30-31H,1-2,7-14,16-17H2/b6-4+/t19-,22+/m1/s1. The van der Waals surface area contributed by atoms with Gasteiger partial charge in [0.2, 0.25) is 11.8 Å². The third-order valence-corrected chi connectivity index (χ3v) is 7.19. The van der Waals surface area contributed by atoms with E-state index >= 15 is 0 Å². The summed E-state index contributed by atoms with van der Waals surface area (Å²) in [5.41, 5.74) is 0.790. The minimum absolute atomic E-state index is 0.0135. The summed E-state index contributed by atoms with van der Waals surface area (Å²) in [6, 6.07) is 5.19. The maximum absolute atomic E-state index is 12.6. The highest BCUT2D eigenvalue weighted by atomic mass is 35.5. The summed E-state index contributed by atoms with van der Waals surface area (Å²) in [4.78, 5) is 30.9. The molecule has 182 valence electrons. The number of likely N-dealkylation sites (tertiary alicyclic amines) is 1. The zero-order chi connectivity index (χ0) is 23.8. The number of hydrogen-bond donors (Lipinski definition) is 2. The number of hydrogen-bond acceptors (Lipinski definition) is 5.